The highest BCUT2D eigenvalue weighted by Gasteiger charge is 2.20. The minimum atomic E-state index is -0.262. The quantitative estimate of drug-likeness (QED) is 0.537. The fourth-order valence-electron chi connectivity index (χ4n) is 0.934. The minimum absolute atomic E-state index is 0.262. The van der Waals surface area contributed by atoms with Crippen LogP contribution in [0, 0.1) is 0 Å². The lowest BCUT2D eigenvalue weighted by Gasteiger charge is -2.25. The van der Waals surface area contributed by atoms with Gasteiger partial charge in [0, 0.05) is 6.42 Å². The van der Waals surface area contributed by atoms with E-state index in [2.05, 4.69) is 0 Å². The van der Waals surface area contributed by atoms with E-state index in [4.69, 9.17) is 9.84 Å². The number of rotatable bonds is 0. The molecule has 0 spiro atoms. The fourth-order valence-corrected chi connectivity index (χ4v) is 0.934. The molecule has 0 saturated carbocycles. The second-order valence-corrected chi connectivity index (χ2v) is 2.84. The van der Waals surface area contributed by atoms with Crippen molar-refractivity contribution in [3.05, 3.63) is 11.8 Å². The van der Waals surface area contributed by atoms with Crippen LogP contribution in [0.1, 0.15) is 20.3 Å². The summed E-state index contributed by atoms with van der Waals surface area (Å²) in [6.45, 7) is 4.50. The first-order valence-corrected chi connectivity index (χ1v) is 3.15. The van der Waals surface area contributed by atoms with Crippen molar-refractivity contribution in [2.75, 3.05) is 6.61 Å². The van der Waals surface area contributed by atoms with Gasteiger partial charge >= 0.3 is 0 Å². The SMILES string of the molecule is CC1(C)C=C(O)CCO1. The van der Waals surface area contributed by atoms with E-state index >= 15 is 0 Å². The molecule has 0 fully saturated rings. The Morgan fingerprint density at radius 1 is 1.67 bits per heavy atom. The Hall–Kier alpha value is -0.500. The molecule has 1 aliphatic heterocycles. The van der Waals surface area contributed by atoms with Gasteiger partial charge in [-0.05, 0) is 19.9 Å². The molecule has 1 rings (SSSR count). The molecule has 0 bridgehead atoms. The number of hydrogen-bond donors (Lipinski definition) is 1. The Bertz CT molecular complexity index is 136. The zero-order valence-electron chi connectivity index (χ0n) is 5.85. The fraction of sp³-hybridized carbons (Fsp3) is 0.714. The van der Waals surface area contributed by atoms with Crippen molar-refractivity contribution in [3.8, 4) is 0 Å². The van der Waals surface area contributed by atoms with Crippen molar-refractivity contribution >= 4 is 0 Å². The molecular weight excluding hydrogens is 116 g/mol. The second-order valence-electron chi connectivity index (χ2n) is 2.84. The molecule has 0 saturated heterocycles. The molecule has 0 atom stereocenters. The summed E-state index contributed by atoms with van der Waals surface area (Å²) in [5.41, 5.74) is -0.262. The molecule has 1 aliphatic rings. The maximum atomic E-state index is 9.03. The van der Waals surface area contributed by atoms with Crippen LogP contribution in [0.4, 0.5) is 0 Å². The molecule has 0 amide bonds. The van der Waals surface area contributed by atoms with Gasteiger partial charge in [-0.2, -0.15) is 0 Å². The zero-order valence-corrected chi connectivity index (χ0v) is 5.85. The van der Waals surface area contributed by atoms with E-state index in [-0.39, 0.29) is 5.60 Å². The molecule has 2 nitrogen and oxygen atoms in total. The number of aliphatic hydroxyl groups is 1. The first kappa shape index (κ1) is 6.62. The highest BCUT2D eigenvalue weighted by atomic mass is 16.5. The summed E-state index contributed by atoms with van der Waals surface area (Å²) in [7, 11) is 0. The standard InChI is InChI=1S/C7H12O2/c1-7(2)5-6(8)3-4-9-7/h5,8H,3-4H2,1-2H3. The van der Waals surface area contributed by atoms with Gasteiger partial charge in [-0.25, -0.2) is 0 Å². The largest absolute Gasteiger partial charge is 0.512 e. The van der Waals surface area contributed by atoms with E-state index in [1.54, 1.807) is 6.08 Å². The lowest BCUT2D eigenvalue weighted by molar-refractivity contribution is 0.00226. The van der Waals surface area contributed by atoms with E-state index < -0.39 is 0 Å². The minimum Gasteiger partial charge on any atom is -0.512 e. The van der Waals surface area contributed by atoms with Crippen LogP contribution in [-0.4, -0.2) is 17.3 Å². The van der Waals surface area contributed by atoms with Gasteiger partial charge in [0.1, 0.15) is 0 Å². The molecule has 0 radical (unpaired) electrons. The molecule has 0 aromatic carbocycles. The Labute approximate surface area is 55.1 Å². The zero-order chi connectivity index (χ0) is 6.91. The van der Waals surface area contributed by atoms with Gasteiger partial charge in [0.05, 0.1) is 18.0 Å². The Morgan fingerprint density at radius 3 is 2.67 bits per heavy atom. The van der Waals surface area contributed by atoms with Crippen LogP contribution < -0.4 is 0 Å². The van der Waals surface area contributed by atoms with Gasteiger partial charge in [-0.1, -0.05) is 0 Å². The van der Waals surface area contributed by atoms with Crippen molar-refractivity contribution in [1.29, 1.82) is 0 Å². The molecule has 0 aromatic heterocycles. The number of hydrogen-bond acceptors (Lipinski definition) is 2. The third kappa shape index (κ3) is 1.72. The normalized spacial score (nSPS) is 25.3. The van der Waals surface area contributed by atoms with E-state index in [1.165, 1.54) is 0 Å². The Balaban J connectivity index is 2.68. The molecular formula is C7H12O2. The van der Waals surface area contributed by atoms with Crippen molar-refractivity contribution in [2.24, 2.45) is 0 Å². The van der Waals surface area contributed by atoms with Crippen LogP contribution >= 0.6 is 0 Å². The van der Waals surface area contributed by atoms with Crippen LogP contribution in [-0.2, 0) is 4.74 Å². The molecule has 1 heterocycles. The lowest BCUT2D eigenvalue weighted by Crippen LogP contribution is -2.26. The summed E-state index contributed by atoms with van der Waals surface area (Å²) < 4.78 is 5.30. The topological polar surface area (TPSA) is 29.5 Å². The monoisotopic (exact) mass is 128 g/mol. The predicted octanol–water partition coefficient (Wildman–Crippen LogP) is 1.63. The first-order valence-electron chi connectivity index (χ1n) is 3.15. The third-order valence-electron chi connectivity index (χ3n) is 1.35. The van der Waals surface area contributed by atoms with E-state index in [0.717, 1.165) is 0 Å². The van der Waals surface area contributed by atoms with Crippen LogP contribution in [0.25, 0.3) is 0 Å². The summed E-state index contributed by atoms with van der Waals surface area (Å²) in [4.78, 5) is 0. The summed E-state index contributed by atoms with van der Waals surface area (Å²) in [6, 6.07) is 0. The Morgan fingerprint density at radius 2 is 2.33 bits per heavy atom. The molecule has 52 valence electrons. The molecule has 0 aliphatic carbocycles. The van der Waals surface area contributed by atoms with Crippen molar-refractivity contribution in [3.63, 3.8) is 0 Å². The Kier molecular flexibility index (Phi) is 1.49. The average Bonchev–Trinajstić information content (AvgIpc) is 1.60. The van der Waals surface area contributed by atoms with Gasteiger partial charge in [0.25, 0.3) is 0 Å². The van der Waals surface area contributed by atoms with Crippen LogP contribution in [0.15, 0.2) is 11.8 Å². The van der Waals surface area contributed by atoms with E-state index in [9.17, 15) is 0 Å². The van der Waals surface area contributed by atoms with Crippen molar-refractivity contribution < 1.29 is 9.84 Å². The maximum Gasteiger partial charge on any atom is 0.0934 e. The average molecular weight is 128 g/mol. The molecule has 2 heteroatoms. The molecule has 1 N–H and O–H groups in total. The lowest BCUT2D eigenvalue weighted by atomic mass is 10.1. The number of ether oxygens (including phenoxy) is 1. The molecule has 9 heavy (non-hydrogen) atoms. The van der Waals surface area contributed by atoms with Gasteiger partial charge in [-0.15, -0.1) is 0 Å². The second kappa shape index (κ2) is 2.03. The summed E-state index contributed by atoms with van der Waals surface area (Å²) in [5.74, 6) is 0.450. The maximum absolute atomic E-state index is 9.03. The summed E-state index contributed by atoms with van der Waals surface area (Å²) >= 11 is 0. The molecule has 0 unspecified atom stereocenters. The highest BCUT2D eigenvalue weighted by molar-refractivity contribution is 5.05. The highest BCUT2D eigenvalue weighted by Crippen LogP contribution is 2.19. The van der Waals surface area contributed by atoms with E-state index in [1.807, 2.05) is 13.8 Å². The summed E-state index contributed by atoms with van der Waals surface area (Å²) in [5, 5.41) is 9.03. The van der Waals surface area contributed by atoms with Crippen LogP contribution in [0.5, 0.6) is 0 Å². The van der Waals surface area contributed by atoms with Crippen LogP contribution in [0.2, 0.25) is 0 Å². The van der Waals surface area contributed by atoms with Crippen molar-refractivity contribution in [2.45, 2.75) is 25.9 Å². The number of aliphatic hydroxyl groups excluding tert-OH is 1. The van der Waals surface area contributed by atoms with Crippen molar-refractivity contribution in [1.82, 2.24) is 0 Å². The first-order chi connectivity index (χ1) is 4.10. The molecule has 0 aromatic rings. The van der Waals surface area contributed by atoms with Gasteiger partial charge in [-0.3, -0.25) is 0 Å². The van der Waals surface area contributed by atoms with Gasteiger partial charge in [0.2, 0.25) is 0 Å². The smallest absolute Gasteiger partial charge is 0.0934 e. The third-order valence-corrected chi connectivity index (χ3v) is 1.35. The van der Waals surface area contributed by atoms with Gasteiger partial charge < -0.3 is 9.84 Å². The van der Waals surface area contributed by atoms with E-state index in [0.29, 0.717) is 18.8 Å². The summed E-state index contributed by atoms with van der Waals surface area (Å²) in [6.07, 6.45) is 2.40. The predicted molar refractivity (Wildman–Crippen MR) is 35.4 cm³/mol. The van der Waals surface area contributed by atoms with Gasteiger partial charge in [0.15, 0.2) is 0 Å². The van der Waals surface area contributed by atoms with Crippen LogP contribution in [0.3, 0.4) is 0 Å².